The average Bonchev–Trinajstić information content (AvgIpc) is 2.80. The fourth-order valence-corrected chi connectivity index (χ4v) is 2.93. The van der Waals surface area contributed by atoms with Gasteiger partial charge in [0.25, 0.3) is 0 Å². The van der Waals surface area contributed by atoms with Crippen LogP contribution in [0.5, 0.6) is 0 Å². The summed E-state index contributed by atoms with van der Waals surface area (Å²) < 4.78 is 27.9. The normalized spacial score (nSPS) is 19.0. The van der Waals surface area contributed by atoms with E-state index >= 15 is 0 Å². The van der Waals surface area contributed by atoms with Gasteiger partial charge in [-0.25, -0.2) is 4.98 Å². The Labute approximate surface area is 178 Å². The van der Waals surface area contributed by atoms with Gasteiger partial charge in [-0.05, 0) is 24.3 Å². The second kappa shape index (κ2) is 14.0. The molecule has 1 fully saturated rings. The SMILES string of the molecule is c1ccc(-c2cccc(N3CCOCCOCCOCCOCCOCC3)n2)nc1. The molecule has 8 heteroatoms. The van der Waals surface area contributed by atoms with Crippen LogP contribution in [0.4, 0.5) is 5.82 Å². The topological polar surface area (TPSA) is 75.2 Å². The lowest BCUT2D eigenvalue weighted by Crippen LogP contribution is -2.32. The molecule has 0 saturated carbocycles. The van der Waals surface area contributed by atoms with Crippen molar-refractivity contribution in [3.63, 3.8) is 0 Å². The molecule has 0 radical (unpaired) electrons. The van der Waals surface area contributed by atoms with Crippen molar-refractivity contribution in [3.05, 3.63) is 42.6 Å². The standard InChI is InChI=1S/C22H31N3O5/c1-2-7-23-20(4-1)21-5-3-6-22(24-21)25-8-10-26-12-14-28-16-18-30-19-17-29-15-13-27-11-9-25/h1-7H,8-19H2. The molecule has 2 aromatic heterocycles. The molecule has 3 heterocycles. The zero-order chi connectivity index (χ0) is 20.7. The molecule has 164 valence electrons. The molecule has 8 nitrogen and oxygen atoms in total. The lowest BCUT2D eigenvalue weighted by atomic mass is 10.2. The predicted molar refractivity (Wildman–Crippen MR) is 114 cm³/mol. The number of nitrogens with zero attached hydrogens (tertiary/aromatic N) is 3. The smallest absolute Gasteiger partial charge is 0.129 e. The second-order valence-corrected chi connectivity index (χ2v) is 6.64. The van der Waals surface area contributed by atoms with Crippen LogP contribution in [0.2, 0.25) is 0 Å². The number of rotatable bonds is 2. The van der Waals surface area contributed by atoms with Crippen LogP contribution in [0.3, 0.4) is 0 Å². The molecule has 0 amide bonds. The molecule has 0 spiro atoms. The highest BCUT2D eigenvalue weighted by atomic mass is 16.6. The van der Waals surface area contributed by atoms with Gasteiger partial charge in [-0.15, -0.1) is 0 Å². The molecule has 0 unspecified atom stereocenters. The Morgan fingerprint density at radius 2 is 1.10 bits per heavy atom. The number of hydrogen-bond acceptors (Lipinski definition) is 8. The van der Waals surface area contributed by atoms with Crippen LogP contribution in [0.1, 0.15) is 0 Å². The summed E-state index contributed by atoms with van der Waals surface area (Å²) in [7, 11) is 0. The molecule has 1 aliphatic heterocycles. The minimum atomic E-state index is 0.550. The highest BCUT2D eigenvalue weighted by molar-refractivity contribution is 5.57. The zero-order valence-corrected chi connectivity index (χ0v) is 17.4. The van der Waals surface area contributed by atoms with E-state index in [9.17, 15) is 0 Å². The Morgan fingerprint density at radius 1 is 0.567 bits per heavy atom. The number of ether oxygens (including phenoxy) is 5. The van der Waals surface area contributed by atoms with E-state index in [0.717, 1.165) is 17.2 Å². The molecule has 3 rings (SSSR count). The van der Waals surface area contributed by atoms with Crippen LogP contribution in [-0.2, 0) is 23.7 Å². The predicted octanol–water partition coefficient (Wildman–Crippen LogP) is 2.05. The van der Waals surface area contributed by atoms with Crippen molar-refractivity contribution in [2.75, 3.05) is 84.1 Å². The largest absolute Gasteiger partial charge is 0.377 e. The maximum atomic E-state index is 5.74. The summed E-state index contributed by atoms with van der Waals surface area (Å²) in [5, 5.41) is 0. The van der Waals surface area contributed by atoms with E-state index in [1.54, 1.807) is 6.20 Å². The molecule has 0 N–H and O–H groups in total. The van der Waals surface area contributed by atoms with Gasteiger partial charge in [0, 0.05) is 19.3 Å². The van der Waals surface area contributed by atoms with Crippen LogP contribution in [0.25, 0.3) is 11.4 Å². The van der Waals surface area contributed by atoms with Crippen molar-refractivity contribution < 1.29 is 23.7 Å². The first-order valence-electron chi connectivity index (χ1n) is 10.5. The van der Waals surface area contributed by atoms with Crippen molar-refractivity contribution in [1.29, 1.82) is 0 Å². The fourth-order valence-electron chi connectivity index (χ4n) is 2.93. The summed E-state index contributed by atoms with van der Waals surface area (Å²) >= 11 is 0. The highest BCUT2D eigenvalue weighted by Crippen LogP contribution is 2.18. The van der Waals surface area contributed by atoms with E-state index in [0.29, 0.717) is 79.2 Å². The average molecular weight is 418 g/mol. The third-order valence-electron chi connectivity index (χ3n) is 4.48. The maximum Gasteiger partial charge on any atom is 0.129 e. The number of hydrogen-bond donors (Lipinski definition) is 0. The van der Waals surface area contributed by atoms with Crippen LogP contribution in [-0.4, -0.2) is 89.1 Å². The zero-order valence-electron chi connectivity index (χ0n) is 17.4. The minimum absolute atomic E-state index is 0.550. The Hall–Kier alpha value is -2.10. The summed E-state index contributed by atoms with van der Waals surface area (Å²) in [4.78, 5) is 11.4. The van der Waals surface area contributed by atoms with E-state index in [1.165, 1.54) is 0 Å². The monoisotopic (exact) mass is 417 g/mol. The van der Waals surface area contributed by atoms with Gasteiger partial charge in [0.05, 0.1) is 77.5 Å². The first-order valence-corrected chi connectivity index (χ1v) is 10.5. The quantitative estimate of drug-likeness (QED) is 0.735. The Balaban J connectivity index is 1.59. The number of aromatic nitrogens is 2. The Morgan fingerprint density at radius 3 is 1.63 bits per heavy atom. The third-order valence-corrected chi connectivity index (χ3v) is 4.48. The van der Waals surface area contributed by atoms with E-state index in [1.807, 2.05) is 36.4 Å². The maximum absolute atomic E-state index is 5.74. The summed E-state index contributed by atoms with van der Waals surface area (Å²) in [5.74, 6) is 0.879. The van der Waals surface area contributed by atoms with Crippen molar-refractivity contribution in [2.45, 2.75) is 0 Å². The molecule has 2 aromatic rings. The first kappa shape index (κ1) is 22.6. The van der Waals surface area contributed by atoms with E-state index in [4.69, 9.17) is 28.7 Å². The van der Waals surface area contributed by atoms with E-state index in [-0.39, 0.29) is 0 Å². The van der Waals surface area contributed by atoms with Crippen molar-refractivity contribution >= 4 is 5.82 Å². The summed E-state index contributed by atoms with van der Waals surface area (Å²) in [6.45, 7) is 7.03. The van der Waals surface area contributed by atoms with Gasteiger partial charge in [-0.3, -0.25) is 4.98 Å². The van der Waals surface area contributed by atoms with Crippen LogP contribution in [0.15, 0.2) is 42.6 Å². The van der Waals surface area contributed by atoms with Gasteiger partial charge in [-0.2, -0.15) is 0 Å². The molecule has 0 aliphatic carbocycles. The molecule has 1 aliphatic rings. The van der Waals surface area contributed by atoms with E-state index < -0.39 is 0 Å². The van der Waals surface area contributed by atoms with Crippen LogP contribution < -0.4 is 4.90 Å². The summed E-state index contributed by atoms with van der Waals surface area (Å²) in [6.07, 6.45) is 1.78. The lowest BCUT2D eigenvalue weighted by molar-refractivity contribution is -0.0116. The van der Waals surface area contributed by atoms with Crippen molar-refractivity contribution in [1.82, 2.24) is 9.97 Å². The minimum Gasteiger partial charge on any atom is -0.377 e. The highest BCUT2D eigenvalue weighted by Gasteiger charge is 2.10. The van der Waals surface area contributed by atoms with Gasteiger partial charge in [0.1, 0.15) is 5.82 Å². The van der Waals surface area contributed by atoms with Gasteiger partial charge < -0.3 is 28.6 Å². The van der Waals surface area contributed by atoms with Crippen molar-refractivity contribution in [3.8, 4) is 11.4 Å². The van der Waals surface area contributed by atoms with Gasteiger partial charge >= 0.3 is 0 Å². The van der Waals surface area contributed by atoms with E-state index in [2.05, 4.69) is 9.88 Å². The molecular weight excluding hydrogens is 386 g/mol. The van der Waals surface area contributed by atoms with Gasteiger partial charge in [0.15, 0.2) is 0 Å². The van der Waals surface area contributed by atoms with Crippen LogP contribution >= 0.6 is 0 Å². The Bertz CT molecular complexity index is 686. The molecule has 1 saturated heterocycles. The van der Waals surface area contributed by atoms with Gasteiger partial charge in [-0.1, -0.05) is 12.1 Å². The third kappa shape index (κ3) is 8.33. The van der Waals surface area contributed by atoms with Crippen LogP contribution in [0, 0.1) is 0 Å². The summed E-state index contributed by atoms with van der Waals surface area (Å²) in [5.41, 5.74) is 1.70. The molecule has 0 bridgehead atoms. The summed E-state index contributed by atoms with van der Waals surface area (Å²) in [6, 6.07) is 11.8. The number of anilines is 1. The fraction of sp³-hybridized carbons (Fsp3) is 0.545. The molecule has 0 aromatic carbocycles. The molecule has 0 atom stereocenters. The van der Waals surface area contributed by atoms with Crippen molar-refractivity contribution in [2.24, 2.45) is 0 Å². The number of pyridine rings is 2. The molecule has 30 heavy (non-hydrogen) atoms. The molecular formula is C22H31N3O5. The van der Waals surface area contributed by atoms with Gasteiger partial charge in [0.2, 0.25) is 0 Å². The Kier molecular flexibility index (Phi) is 10.5. The first-order chi connectivity index (χ1) is 14.9. The lowest BCUT2D eigenvalue weighted by Gasteiger charge is -2.24. The second-order valence-electron chi connectivity index (χ2n) is 6.64.